The summed E-state index contributed by atoms with van der Waals surface area (Å²) in [5.41, 5.74) is 6.27. The standard InChI is InChI=1S/C10H11F2N3/c11-9(12)7-3-1-2-6(4-7)8-5-14-10(13)15-8/h1-4,8-9H,5H2,(H3,13,14,15). The maximum atomic E-state index is 12.4. The van der Waals surface area contributed by atoms with E-state index < -0.39 is 6.43 Å². The van der Waals surface area contributed by atoms with Crippen LogP contribution in [0.25, 0.3) is 0 Å². The van der Waals surface area contributed by atoms with Gasteiger partial charge in [-0.1, -0.05) is 18.2 Å². The molecule has 1 aliphatic rings. The van der Waals surface area contributed by atoms with Crippen LogP contribution in [0.15, 0.2) is 29.3 Å². The Morgan fingerprint density at radius 3 is 2.87 bits per heavy atom. The van der Waals surface area contributed by atoms with Crippen molar-refractivity contribution in [3.8, 4) is 0 Å². The molecule has 1 heterocycles. The summed E-state index contributed by atoms with van der Waals surface area (Å²) >= 11 is 0. The van der Waals surface area contributed by atoms with Crippen LogP contribution < -0.4 is 11.1 Å². The molecule has 0 bridgehead atoms. The van der Waals surface area contributed by atoms with Gasteiger partial charge in [-0.3, -0.25) is 4.99 Å². The number of aliphatic imine (C=N–C) groups is 1. The SMILES string of the molecule is NC1=NCC(c2cccc(C(F)F)c2)N1. The quantitative estimate of drug-likeness (QED) is 0.780. The summed E-state index contributed by atoms with van der Waals surface area (Å²) in [6.45, 7) is 0.499. The van der Waals surface area contributed by atoms with Gasteiger partial charge in [0.15, 0.2) is 5.96 Å². The first-order chi connectivity index (χ1) is 7.16. The molecule has 0 aromatic heterocycles. The summed E-state index contributed by atoms with van der Waals surface area (Å²) in [4.78, 5) is 3.96. The first-order valence-corrected chi connectivity index (χ1v) is 4.61. The number of hydrogen-bond donors (Lipinski definition) is 2. The Balaban J connectivity index is 2.19. The van der Waals surface area contributed by atoms with Gasteiger partial charge in [-0.15, -0.1) is 0 Å². The highest BCUT2D eigenvalue weighted by Crippen LogP contribution is 2.23. The van der Waals surface area contributed by atoms with Crippen molar-refractivity contribution in [2.45, 2.75) is 12.5 Å². The third kappa shape index (κ3) is 2.06. The van der Waals surface area contributed by atoms with Crippen LogP contribution in [0, 0.1) is 0 Å². The maximum Gasteiger partial charge on any atom is 0.263 e. The molecule has 1 aliphatic heterocycles. The van der Waals surface area contributed by atoms with Gasteiger partial charge < -0.3 is 11.1 Å². The number of halogens is 2. The van der Waals surface area contributed by atoms with Gasteiger partial charge in [0.05, 0.1) is 12.6 Å². The molecular weight excluding hydrogens is 200 g/mol. The summed E-state index contributed by atoms with van der Waals surface area (Å²) in [6, 6.07) is 6.22. The molecule has 2 rings (SSSR count). The molecule has 0 spiro atoms. The molecule has 1 aromatic carbocycles. The molecule has 0 amide bonds. The molecule has 1 atom stereocenters. The van der Waals surface area contributed by atoms with Crippen LogP contribution in [0.2, 0.25) is 0 Å². The molecule has 0 saturated carbocycles. The fourth-order valence-electron chi connectivity index (χ4n) is 1.56. The highest BCUT2D eigenvalue weighted by Gasteiger charge is 2.18. The molecule has 3 N–H and O–H groups in total. The number of nitrogens with two attached hydrogens (primary N) is 1. The van der Waals surface area contributed by atoms with Crippen molar-refractivity contribution in [2.24, 2.45) is 10.7 Å². The van der Waals surface area contributed by atoms with Crippen LogP contribution in [0.1, 0.15) is 23.6 Å². The van der Waals surface area contributed by atoms with Crippen molar-refractivity contribution in [3.05, 3.63) is 35.4 Å². The first-order valence-electron chi connectivity index (χ1n) is 4.61. The molecule has 0 aliphatic carbocycles. The lowest BCUT2D eigenvalue weighted by Gasteiger charge is -2.12. The Morgan fingerprint density at radius 2 is 2.27 bits per heavy atom. The third-order valence-corrected chi connectivity index (χ3v) is 2.33. The summed E-state index contributed by atoms with van der Waals surface area (Å²) in [7, 11) is 0. The minimum Gasteiger partial charge on any atom is -0.370 e. The molecule has 0 saturated heterocycles. The second kappa shape index (κ2) is 3.84. The number of nitrogens with zero attached hydrogens (tertiary/aromatic N) is 1. The normalized spacial score (nSPS) is 20.2. The van der Waals surface area contributed by atoms with Crippen molar-refractivity contribution in [2.75, 3.05) is 6.54 Å². The molecular formula is C10H11F2N3. The zero-order chi connectivity index (χ0) is 10.8. The Labute approximate surface area is 86.0 Å². The second-order valence-corrected chi connectivity index (χ2v) is 3.39. The van der Waals surface area contributed by atoms with E-state index in [1.54, 1.807) is 12.1 Å². The minimum atomic E-state index is -2.44. The van der Waals surface area contributed by atoms with Crippen molar-refractivity contribution < 1.29 is 8.78 Å². The molecule has 0 radical (unpaired) electrons. The Hall–Kier alpha value is -1.65. The Bertz CT molecular complexity index is 390. The van der Waals surface area contributed by atoms with Crippen molar-refractivity contribution in [3.63, 3.8) is 0 Å². The average Bonchev–Trinajstić information content (AvgIpc) is 2.65. The monoisotopic (exact) mass is 211 g/mol. The van der Waals surface area contributed by atoms with E-state index in [-0.39, 0.29) is 11.6 Å². The topological polar surface area (TPSA) is 50.4 Å². The molecule has 0 fully saturated rings. The van der Waals surface area contributed by atoms with E-state index in [1.807, 2.05) is 0 Å². The van der Waals surface area contributed by atoms with Crippen LogP contribution >= 0.6 is 0 Å². The predicted molar refractivity (Wildman–Crippen MR) is 53.8 cm³/mol. The van der Waals surface area contributed by atoms with E-state index in [1.165, 1.54) is 12.1 Å². The number of alkyl halides is 2. The van der Waals surface area contributed by atoms with E-state index in [9.17, 15) is 8.78 Å². The third-order valence-electron chi connectivity index (χ3n) is 2.33. The lowest BCUT2D eigenvalue weighted by atomic mass is 10.0. The zero-order valence-corrected chi connectivity index (χ0v) is 7.95. The Kier molecular flexibility index (Phi) is 2.53. The van der Waals surface area contributed by atoms with Crippen LogP contribution in [0.5, 0.6) is 0 Å². The summed E-state index contributed by atoms with van der Waals surface area (Å²) in [5, 5.41) is 2.92. The second-order valence-electron chi connectivity index (χ2n) is 3.39. The Morgan fingerprint density at radius 1 is 1.47 bits per heavy atom. The van der Waals surface area contributed by atoms with Crippen LogP contribution in [-0.2, 0) is 0 Å². The lowest BCUT2D eigenvalue weighted by molar-refractivity contribution is 0.151. The van der Waals surface area contributed by atoms with E-state index in [0.29, 0.717) is 12.5 Å². The van der Waals surface area contributed by atoms with E-state index >= 15 is 0 Å². The van der Waals surface area contributed by atoms with E-state index in [2.05, 4.69) is 10.3 Å². The van der Waals surface area contributed by atoms with Crippen LogP contribution in [-0.4, -0.2) is 12.5 Å². The smallest absolute Gasteiger partial charge is 0.263 e. The van der Waals surface area contributed by atoms with Gasteiger partial charge in [-0.05, 0) is 11.6 Å². The molecule has 1 aromatic rings. The van der Waals surface area contributed by atoms with Gasteiger partial charge in [-0.25, -0.2) is 8.78 Å². The maximum absolute atomic E-state index is 12.4. The van der Waals surface area contributed by atoms with Gasteiger partial charge in [0.1, 0.15) is 0 Å². The molecule has 5 heteroatoms. The predicted octanol–water partition coefficient (Wildman–Crippen LogP) is 1.58. The summed E-state index contributed by atoms with van der Waals surface area (Å²) in [5.74, 6) is 0.363. The fourth-order valence-corrected chi connectivity index (χ4v) is 1.56. The molecule has 15 heavy (non-hydrogen) atoms. The molecule has 80 valence electrons. The number of rotatable bonds is 2. The minimum absolute atomic E-state index is 0.0276. The average molecular weight is 211 g/mol. The first kappa shape index (κ1) is 9.89. The molecule has 3 nitrogen and oxygen atoms in total. The summed E-state index contributed by atoms with van der Waals surface area (Å²) < 4.78 is 24.9. The van der Waals surface area contributed by atoms with E-state index in [0.717, 1.165) is 5.56 Å². The van der Waals surface area contributed by atoms with Crippen molar-refractivity contribution >= 4 is 5.96 Å². The number of guanidine groups is 1. The van der Waals surface area contributed by atoms with Gasteiger partial charge in [0.25, 0.3) is 6.43 Å². The number of nitrogens with one attached hydrogen (secondary N) is 1. The number of hydrogen-bond acceptors (Lipinski definition) is 3. The van der Waals surface area contributed by atoms with Gasteiger partial charge in [0.2, 0.25) is 0 Å². The fraction of sp³-hybridized carbons (Fsp3) is 0.300. The van der Waals surface area contributed by atoms with Gasteiger partial charge in [-0.2, -0.15) is 0 Å². The lowest BCUT2D eigenvalue weighted by Crippen LogP contribution is -2.29. The van der Waals surface area contributed by atoms with Gasteiger partial charge in [0, 0.05) is 5.56 Å². The van der Waals surface area contributed by atoms with Crippen molar-refractivity contribution in [1.29, 1.82) is 0 Å². The highest BCUT2D eigenvalue weighted by atomic mass is 19.3. The molecule has 1 unspecified atom stereocenters. The largest absolute Gasteiger partial charge is 0.370 e. The summed E-state index contributed by atoms with van der Waals surface area (Å²) in [6.07, 6.45) is -2.44. The number of benzene rings is 1. The van der Waals surface area contributed by atoms with E-state index in [4.69, 9.17) is 5.73 Å². The van der Waals surface area contributed by atoms with Gasteiger partial charge >= 0.3 is 0 Å². The van der Waals surface area contributed by atoms with Crippen LogP contribution in [0.4, 0.5) is 8.78 Å². The zero-order valence-electron chi connectivity index (χ0n) is 7.95. The van der Waals surface area contributed by atoms with Crippen LogP contribution in [0.3, 0.4) is 0 Å². The van der Waals surface area contributed by atoms with Crippen molar-refractivity contribution in [1.82, 2.24) is 5.32 Å². The highest BCUT2D eigenvalue weighted by molar-refractivity contribution is 5.80.